The maximum atomic E-state index is 4.22. The molecule has 20 heavy (non-hydrogen) atoms. The Morgan fingerprint density at radius 3 is 2.50 bits per heavy atom. The molecule has 1 aromatic rings. The normalized spacial score (nSPS) is 11.0. The fourth-order valence-corrected chi connectivity index (χ4v) is 1.65. The average Bonchev–Trinajstić information content (AvgIpc) is 2.39. The van der Waals surface area contributed by atoms with E-state index in [1.807, 2.05) is 0 Å². The summed E-state index contributed by atoms with van der Waals surface area (Å²) in [6.45, 7) is 6.07. The molecule has 114 valence electrons. The highest BCUT2D eigenvalue weighted by Crippen LogP contribution is 2.12. The summed E-state index contributed by atoms with van der Waals surface area (Å²) < 4.78 is 0. The molecule has 0 atom stereocenters. The van der Waals surface area contributed by atoms with Gasteiger partial charge in [0.25, 0.3) is 0 Å². The molecule has 0 aliphatic carbocycles. The number of nitrogens with one attached hydrogen (secondary N) is 2. The lowest BCUT2D eigenvalue weighted by atomic mass is 10.2. The third-order valence-electron chi connectivity index (χ3n) is 2.79. The molecule has 0 unspecified atom stereocenters. The fourth-order valence-electron chi connectivity index (χ4n) is 1.65. The number of halogens is 1. The molecule has 0 bridgehead atoms. The molecule has 1 aromatic carbocycles. The standard InChI is InChI=1S/C15H26N4.HI/c1-12(2)10-17-15(16-3)18-11-13-7-6-8-14(9-13)19(4)5;/h6-9,12H,10-11H2,1-5H3,(H2,16,17,18);1H. The van der Waals surface area contributed by atoms with Crippen molar-refractivity contribution in [2.45, 2.75) is 20.4 Å². The molecule has 0 radical (unpaired) electrons. The summed E-state index contributed by atoms with van der Waals surface area (Å²) in [4.78, 5) is 6.32. The minimum atomic E-state index is 0. The first kappa shape index (κ1) is 19.0. The Bertz CT molecular complexity index is 416. The summed E-state index contributed by atoms with van der Waals surface area (Å²) in [5.74, 6) is 1.46. The highest BCUT2D eigenvalue weighted by Gasteiger charge is 2.01. The second-order valence-electron chi connectivity index (χ2n) is 5.26. The Morgan fingerprint density at radius 2 is 1.95 bits per heavy atom. The predicted octanol–water partition coefficient (Wildman–Crippen LogP) is 2.69. The van der Waals surface area contributed by atoms with Gasteiger partial charge in [-0.25, -0.2) is 0 Å². The van der Waals surface area contributed by atoms with Gasteiger partial charge >= 0.3 is 0 Å². The van der Waals surface area contributed by atoms with Gasteiger partial charge in [0.1, 0.15) is 0 Å². The molecule has 1 rings (SSSR count). The van der Waals surface area contributed by atoms with Gasteiger partial charge in [-0.2, -0.15) is 0 Å². The molecule has 0 fully saturated rings. The molecule has 0 aliphatic rings. The minimum Gasteiger partial charge on any atom is -0.378 e. The molecule has 4 nitrogen and oxygen atoms in total. The van der Waals surface area contributed by atoms with Gasteiger partial charge in [-0.3, -0.25) is 4.99 Å². The molecule has 0 heterocycles. The van der Waals surface area contributed by atoms with E-state index in [4.69, 9.17) is 0 Å². The highest BCUT2D eigenvalue weighted by molar-refractivity contribution is 14.0. The van der Waals surface area contributed by atoms with E-state index in [0.29, 0.717) is 5.92 Å². The van der Waals surface area contributed by atoms with Gasteiger partial charge in [0.2, 0.25) is 0 Å². The zero-order valence-corrected chi connectivity index (χ0v) is 15.4. The summed E-state index contributed by atoms with van der Waals surface area (Å²) in [7, 11) is 5.90. The van der Waals surface area contributed by atoms with E-state index in [9.17, 15) is 0 Å². The zero-order valence-electron chi connectivity index (χ0n) is 13.1. The molecule has 2 N–H and O–H groups in total. The highest BCUT2D eigenvalue weighted by atomic mass is 127. The van der Waals surface area contributed by atoms with Crippen molar-refractivity contribution < 1.29 is 0 Å². The number of hydrogen-bond acceptors (Lipinski definition) is 2. The van der Waals surface area contributed by atoms with Crippen LogP contribution in [0.5, 0.6) is 0 Å². The number of anilines is 1. The molecule has 5 heteroatoms. The molecule has 0 aliphatic heterocycles. The van der Waals surface area contributed by atoms with E-state index in [1.165, 1.54) is 11.3 Å². The Hall–Kier alpha value is -0.980. The fraction of sp³-hybridized carbons (Fsp3) is 0.533. The van der Waals surface area contributed by atoms with Crippen molar-refractivity contribution in [2.24, 2.45) is 10.9 Å². The van der Waals surface area contributed by atoms with Crippen molar-refractivity contribution >= 4 is 35.6 Å². The molecular formula is C15H27IN4. The number of nitrogens with zero attached hydrogens (tertiary/aromatic N) is 2. The topological polar surface area (TPSA) is 39.7 Å². The molecule has 0 saturated heterocycles. The van der Waals surface area contributed by atoms with E-state index in [0.717, 1.165) is 19.0 Å². The largest absolute Gasteiger partial charge is 0.378 e. The predicted molar refractivity (Wildman–Crippen MR) is 99.2 cm³/mol. The first-order valence-electron chi connectivity index (χ1n) is 6.73. The van der Waals surface area contributed by atoms with Crippen molar-refractivity contribution in [1.29, 1.82) is 0 Å². The van der Waals surface area contributed by atoms with Gasteiger partial charge in [-0.1, -0.05) is 26.0 Å². The van der Waals surface area contributed by atoms with Crippen LogP contribution in [0.4, 0.5) is 5.69 Å². The number of aliphatic imine (C=N–C) groups is 1. The van der Waals surface area contributed by atoms with Crippen LogP contribution in [0.2, 0.25) is 0 Å². The lowest BCUT2D eigenvalue weighted by Gasteiger charge is -2.16. The lowest BCUT2D eigenvalue weighted by Crippen LogP contribution is -2.38. The van der Waals surface area contributed by atoms with Crippen LogP contribution in [0.3, 0.4) is 0 Å². The van der Waals surface area contributed by atoms with Crippen LogP contribution < -0.4 is 15.5 Å². The Labute approximate surface area is 140 Å². The Kier molecular flexibility index (Phi) is 9.37. The quantitative estimate of drug-likeness (QED) is 0.462. The summed E-state index contributed by atoms with van der Waals surface area (Å²) in [5, 5.41) is 6.63. The van der Waals surface area contributed by atoms with Crippen LogP contribution in [-0.4, -0.2) is 33.6 Å². The van der Waals surface area contributed by atoms with Gasteiger partial charge in [0, 0.05) is 39.9 Å². The van der Waals surface area contributed by atoms with E-state index >= 15 is 0 Å². The summed E-state index contributed by atoms with van der Waals surface area (Å²) >= 11 is 0. The van der Waals surface area contributed by atoms with E-state index in [-0.39, 0.29) is 24.0 Å². The Morgan fingerprint density at radius 1 is 1.25 bits per heavy atom. The Balaban J connectivity index is 0.00000361. The van der Waals surface area contributed by atoms with Crippen molar-refractivity contribution in [1.82, 2.24) is 10.6 Å². The van der Waals surface area contributed by atoms with Crippen molar-refractivity contribution in [3.05, 3.63) is 29.8 Å². The number of hydrogen-bond donors (Lipinski definition) is 2. The van der Waals surface area contributed by atoms with Gasteiger partial charge in [0.05, 0.1) is 0 Å². The monoisotopic (exact) mass is 390 g/mol. The molecule has 0 spiro atoms. The van der Waals surface area contributed by atoms with Gasteiger partial charge in [0.15, 0.2) is 5.96 Å². The average molecular weight is 390 g/mol. The van der Waals surface area contributed by atoms with Gasteiger partial charge in [-0.15, -0.1) is 24.0 Å². The van der Waals surface area contributed by atoms with Crippen LogP contribution in [-0.2, 0) is 6.54 Å². The molecular weight excluding hydrogens is 363 g/mol. The van der Waals surface area contributed by atoms with E-state index in [1.54, 1.807) is 7.05 Å². The van der Waals surface area contributed by atoms with Crippen molar-refractivity contribution in [3.8, 4) is 0 Å². The third-order valence-corrected chi connectivity index (χ3v) is 2.79. The number of benzene rings is 1. The molecule has 0 saturated carbocycles. The number of guanidine groups is 1. The van der Waals surface area contributed by atoms with Crippen LogP contribution in [0, 0.1) is 5.92 Å². The maximum Gasteiger partial charge on any atom is 0.191 e. The van der Waals surface area contributed by atoms with E-state index in [2.05, 4.69) is 72.7 Å². The first-order chi connectivity index (χ1) is 9.02. The summed E-state index contributed by atoms with van der Waals surface area (Å²) in [6.07, 6.45) is 0. The maximum absolute atomic E-state index is 4.22. The second-order valence-corrected chi connectivity index (χ2v) is 5.26. The molecule has 0 amide bonds. The van der Waals surface area contributed by atoms with E-state index < -0.39 is 0 Å². The van der Waals surface area contributed by atoms with Crippen LogP contribution in [0.1, 0.15) is 19.4 Å². The minimum absolute atomic E-state index is 0. The van der Waals surface area contributed by atoms with Gasteiger partial charge < -0.3 is 15.5 Å². The third kappa shape index (κ3) is 6.98. The summed E-state index contributed by atoms with van der Waals surface area (Å²) in [6, 6.07) is 8.49. The zero-order chi connectivity index (χ0) is 14.3. The first-order valence-corrected chi connectivity index (χ1v) is 6.73. The van der Waals surface area contributed by atoms with Crippen LogP contribution in [0.15, 0.2) is 29.3 Å². The van der Waals surface area contributed by atoms with Crippen LogP contribution >= 0.6 is 24.0 Å². The van der Waals surface area contributed by atoms with Crippen molar-refractivity contribution in [2.75, 3.05) is 32.6 Å². The SMILES string of the molecule is CN=C(NCc1cccc(N(C)C)c1)NCC(C)C.I. The second kappa shape index (κ2) is 9.85. The van der Waals surface area contributed by atoms with Crippen LogP contribution in [0.25, 0.3) is 0 Å². The number of rotatable bonds is 5. The lowest BCUT2D eigenvalue weighted by molar-refractivity contribution is 0.614. The van der Waals surface area contributed by atoms with Gasteiger partial charge in [-0.05, 0) is 23.6 Å². The van der Waals surface area contributed by atoms with Crippen molar-refractivity contribution in [3.63, 3.8) is 0 Å². The molecule has 0 aromatic heterocycles. The summed E-state index contributed by atoms with van der Waals surface area (Å²) in [5.41, 5.74) is 2.46. The smallest absolute Gasteiger partial charge is 0.191 e.